The van der Waals surface area contributed by atoms with E-state index in [9.17, 15) is 4.79 Å². The molecule has 364 valence electrons. The Morgan fingerprint density at radius 1 is 0.311 bits per heavy atom. The molecule has 61 heavy (non-hydrogen) atoms. The van der Waals surface area contributed by atoms with E-state index in [4.69, 9.17) is 0 Å². The average Bonchev–Trinajstić information content (AvgIpc) is 3.27. The molecule has 1 rings (SSSR count). The molecule has 0 unspecified atom stereocenters. The minimum Gasteiger partial charge on any atom is -0.339 e. The molecular formula is C55H113N5O. The standard InChI is InChI=1S/C55H113N5O/c1-6-11-16-21-26-31-36-41-56(42-37-32-27-22-17-12-7-2)46-47-58-50-52-60(53-51-58)55(61)54-59(45-40-35-30-25-20-15-10-5)49-48-57(43-38-33-28-23-18-13-8-3)44-39-34-29-24-19-14-9-4/h6-54H2,1-5H3. The molecule has 6 nitrogen and oxygen atoms in total. The zero-order chi connectivity index (χ0) is 44.1. The second-order valence-electron chi connectivity index (χ2n) is 19.8. The Bertz CT molecular complexity index is 842. The molecule has 1 aliphatic heterocycles. The first-order valence-corrected chi connectivity index (χ1v) is 28.2. The van der Waals surface area contributed by atoms with Gasteiger partial charge >= 0.3 is 0 Å². The van der Waals surface area contributed by atoms with Crippen molar-refractivity contribution >= 4 is 5.91 Å². The summed E-state index contributed by atoms with van der Waals surface area (Å²) in [7, 11) is 0. The van der Waals surface area contributed by atoms with Gasteiger partial charge in [0.1, 0.15) is 0 Å². The van der Waals surface area contributed by atoms with Crippen molar-refractivity contribution in [3.05, 3.63) is 0 Å². The van der Waals surface area contributed by atoms with Crippen LogP contribution in [0.1, 0.15) is 259 Å². The highest BCUT2D eigenvalue weighted by atomic mass is 16.2. The summed E-state index contributed by atoms with van der Waals surface area (Å²) < 4.78 is 0. The van der Waals surface area contributed by atoms with E-state index in [2.05, 4.69) is 59.1 Å². The molecule has 1 aliphatic rings. The van der Waals surface area contributed by atoms with Gasteiger partial charge in [-0.2, -0.15) is 0 Å². The molecule has 0 N–H and O–H groups in total. The van der Waals surface area contributed by atoms with Gasteiger partial charge in [-0.05, 0) is 64.8 Å². The first-order chi connectivity index (χ1) is 30.1. The fourth-order valence-corrected chi connectivity index (χ4v) is 9.48. The second-order valence-corrected chi connectivity index (χ2v) is 19.8. The number of carbonyl (C=O) groups excluding carboxylic acids is 1. The first kappa shape index (κ1) is 58.3. The average molecular weight is 861 g/mol. The lowest BCUT2D eigenvalue weighted by Crippen LogP contribution is -2.52. The zero-order valence-electron chi connectivity index (χ0n) is 42.8. The van der Waals surface area contributed by atoms with Crippen LogP contribution in [0.15, 0.2) is 0 Å². The quantitative estimate of drug-likeness (QED) is 0.0569. The molecule has 0 bridgehead atoms. The van der Waals surface area contributed by atoms with Gasteiger partial charge in [-0.25, -0.2) is 0 Å². The van der Waals surface area contributed by atoms with Crippen molar-refractivity contribution in [2.24, 2.45) is 0 Å². The molecule has 0 aliphatic carbocycles. The van der Waals surface area contributed by atoms with Crippen LogP contribution in [0.3, 0.4) is 0 Å². The number of hydrogen-bond acceptors (Lipinski definition) is 5. The van der Waals surface area contributed by atoms with Crippen molar-refractivity contribution < 1.29 is 4.79 Å². The van der Waals surface area contributed by atoms with Crippen molar-refractivity contribution in [1.82, 2.24) is 24.5 Å². The predicted molar refractivity (Wildman–Crippen MR) is 272 cm³/mol. The highest BCUT2D eigenvalue weighted by Gasteiger charge is 2.23. The number of piperazine rings is 1. The summed E-state index contributed by atoms with van der Waals surface area (Å²) in [5, 5.41) is 0. The highest BCUT2D eigenvalue weighted by Crippen LogP contribution is 2.14. The number of amides is 1. The Morgan fingerprint density at radius 2 is 0.574 bits per heavy atom. The van der Waals surface area contributed by atoms with Gasteiger partial charge < -0.3 is 14.7 Å². The predicted octanol–water partition coefficient (Wildman–Crippen LogP) is 14.8. The summed E-state index contributed by atoms with van der Waals surface area (Å²) in [5.41, 5.74) is 0. The van der Waals surface area contributed by atoms with Gasteiger partial charge in [-0.1, -0.05) is 227 Å². The first-order valence-electron chi connectivity index (χ1n) is 28.2. The highest BCUT2D eigenvalue weighted by molar-refractivity contribution is 5.78. The van der Waals surface area contributed by atoms with Gasteiger partial charge in [-0.3, -0.25) is 14.6 Å². The lowest BCUT2D eigenvalue weighted by molar-refractivity contribution is -0.134. The molecule has 1 fully saturated rings. The van der Waals surface area contributed by atoms with E-state index in [0.29, 0.717) is 12.5 Å². The van der Waals surface area contributed by atoms with Crippen LogP contribution in [0.25, 0.3) is 0 Å². The van der Waals surface area contributed by atoms with E-state index in [1.807, 2.05) is 0 Å². The minimum atomic E-state index is 0.382. The summed E-state index contributed by atoms with van der Waals surface area (Å²) in [6, 6.07) is 0. The van der Waals surface area contributed by atoms with Crippen LogP contribution in [0.4, 0.5) is 0 Å². The van der Waals surface area contributed by atoms with Gasteiger partial charge in [0.2, 0.25) is 5.91 Å². The Hall–Kier alpha value is -0.690. The molecule has 0 atom stereocenters. The van der Waals surface area contributed by atoms with E-state index < -0.39 is 0 Å². The molecular weight excluding hydrogens is 747 g/mol. The maximum atomic E-state index is 14.0. The van der Waals surface area contributed by atoms with Crippen LogP contribution in [-0.2, 0) is 4.79 Å². The lowest BCUT2D eigenvalue weighted by Gasteiger charge is -2.37. The molecule has 0 aromatic heterocycles. The van der Waals surface area contributed by atoms with Crippen LogP contribution >= 0.6 is 0 Å². The van der Waals surface area contributed by atoms with Gasteiger partial charge in [-0.15, -0.1) is 0 Å². The molecule has 0 aromatic carbocycles. The monoisotopic (exact) mass is 860 g/mol. The fourth-order valence-electron chi connectivity index (χ4n) is 9.48. The number of hydrogen-bond donors (Lipinski definition) is 0. The largest absolute Gasteiger partial charge is 0.339 e. The normalized spacial score (nSPS) is 13.8. The molecule has 6 heteroatoms. The fraction of sp³-hybridized carbons (Fsp3) is 0.982. The van der Waals surface area contributed by atoms with Crippen LogP contribution in [0, 0.1) is 0 Å². The third-order valence-electron chi connectivity index (χ3n) is 13.9. The summed E-state index contributed by atoms with van der Waals surface area (Å²) in [6.07, 6.45) is 48.1. The third-order valence-corrected chi connectivity index (χ3v) is 13.9. The minimum absolute atomic E-state index is 0.382. The van der Waals surface area contributed by atoms with Crippen LogP contribution in [0.5, 0.6) is 0 Å². The van der Waals surface area contributed by atoms with Crippen molar-refractivity contribution in [2.75, 3.05) is 91.6 Å². The topological polar surface area (TPSA) is 33.3 Å². The van der Waals surface area contributed by atoms with Crippen molar-refractivity contribution in [3.8, 4) is 0 Å². The Balaban J connectivity index is 2.70. The molecule has 1 amide bonds. The maximum Gasteiger partial charge on any atom is 0.236 e. The smallest absolute Gasteiger partial charge is 0.236 e. The van der Waals surface area contributed by atoms with Crippen LogP contribution in [-0.4, -0.2) is 122 Å². The van der Waals surface area contributed by atoms with E-state index in [0.717, 1.165) is 52.4 Å². The molecule has 1 heterocycles. The summed E-state index contributed by atoms with van der Waals surface area (Å²) >= 11 is 0. The number of rotatable bonds is 48. The third kappa shape index (κ3) is 37.3. The lowest BCUT2D eigenvalue weighted by atomic mass is 10.1. The molecule has 0 aromatic rings. The number of nitrogens with zero attached hydrogens (tertiary/aromatic N) is 5. The van der Waals surface area contributed by atoms with E-state index in [1.165, 1.54) is 257 Å². The van der Waals surface area contributed by atoms with Crippen LogP contribution in [0.2, 0.25) is 0 Å². The van der Waals surface area contributed by atoms with Crippen molar-refractivity contribution in [3.63, 3.8) is 0 Å². The summed E-state index contributed by atoms with van der Waals surface area (Å²) in [5.74, 6) is 0.382. The van der Waals surface area contributed by atoms with Gasteiger partial charge in [0.05, 0.1) is 6.54 Å². The zero-order valence-corrected chi connectivity index (χ0v) is 42.8. The van der Waals surface area contributed by atoms with Gasteiger partial charge in [0.15, 0.2) is 0 Å². The molecule has 0 spiro atoms. The van der Waals surface area contributed by atoms with E-state index in [1.54, 1.807) is 0 Å². The molecule has 0 radical (unpaired) electrons. The van der Waals surface area contributed by atoms with E-state index in [-0.39, 0.29) is 0 Å². The summed E-state index contributed by atoms with van der Waals surface area (Å²) in [4.78, 5) is 27.0. The number of unbranched alkanes of at least 4 members (excludes halogenated alkanes) is 30. The second kappa shape index (κ2) is 45.9. The Morgan fingerprint density at radius 3 is 0.902 bits per heavy atom. The van der Waals surface area contributed by atoms with Gasteiger partial charge in [0, 0.05) is 52.4 Å². The Kier molecular flexibility index (Phi) is 43.9. The molecule has 0 saturated carbocycles. The van der Waals surface area contributed by atoms with Crippen molar-refractivity contribution in [1.29, 1.82) is 0 Å². The van der Waals surface area contributed by atoms with Gasteiger partial charge in [0.25, 0.3) is 0 Å². The summed E-state index contributed by atoms with van der Waals surface area (Å²) in [6.45, 7) is 26.7. The van der Waals surface area contributed by atoms with E-state index >= 15 is 0 Å². The SMILES string of the molecule is CCCCCCCCCN(CCCCCCCCC)CCN1CCN(C(=O)CN(CCCCCCCCC)CCN(CCCCCCCCC)CCCCCCCCC)CC1. The van der Waals surface area contributed by atoms with Crippen LogP contribution < -0.4 is 0 Å². The maximum absolute atomic E-state index is 14.0. The Labute approximate surface area is 384 Å². The van der Waals surface area contributed by atoms with Crippen molar-refractivity contribution in [2.45, 2.75) is 259 Å². The molecule has 1 saturated heterocycles. The number of carbonyl (C=O) groups is 1.